The second-order valence-corrected chi connectivity index (χ2v) is 3.32. The molecule has 1 aromatic heterocycles. The van der Waals surface area contributed by atoms with Crippen LogP contribution in [0.4, 0.5) is 5.69 Å². The van der Waals surface area contributed by atoms with E-state index < -0.39 is 10.5 Å². The first kappa shape index (κ1) is 12.2. The van der Waals surface area contributed by atoms with Gasteiger partial charge in [-0.05, 0) is 18.9 Å². The summed E-state index contributed by atoms with van der Waals surface area (Å²) in [5.41, 5.74) is -0.917. The van der Waals surface area contributed by atoms with Gasteiger partial charge in [0.05, 0.1) is 4.92 Å². The topological polar surface area (TPSA) is 65.1 Å². The average Bonchev–Trinajstić information content (AvgIpc) is 2.26. The van der Waals surface area contributed by atoms with E-state index in [0.717, 1.165) is 6.42 Å². The van der Waals surface area contributed by atoms with Crippen LogP contribution in [0.25, 0.3) is 0 Å². The van der Waals surface area contributed by atoms with E-state index >= 15 is 0 Å². The highest BCUT2D eigenvalue weighted by Crippen LogP contribution is 2.02. The quantitative estimate of drug-likeness (QED) is 0.435. The lowest BCUT2D eigenvalue weighted by Gasteiger charge is -2.02. The zero-order valence-corrected chi connectivity index (χ0v) is 9.13. The highest BCUT2D eigenvalue weighted by Gasteiger charge is 2.12. The summed E-state index contributed by atoms with van der Waals surface area (Å²) in [6, 6.07) is 2.74. The Morgan fingerprint density at radius 2 is 2.25 bits per heavy atom. The van der Waals surface area contributed by atoms with Crippen molar-refractivity contribution in [2.45, 2.75) is 26.3 Å². The van der Waals surface area contributed by atoms with Crippen molar-refractivity contribution in [2.24, 2.45) is 0 Å². The van der Waals surface area contributed by atoms with Crippen molar-refractivity contribution in [2.75, 3.05) is 0 Å². The van der Waals surface area contributed by atoms with Crippen molar-refractivity contribution >= 4 is 5.69 Å². The number of aromatic nitrogens is 1. The second kappa shape index (κ2) is 5.85. The van der Waals surface area contributed by atoms with Gasteiger partial charge in [-0.15, -0.1) is 0 Å². The van der Waals surface area contributed by atoms with Gasteiger partial charge in [-0.25, -0.2) is 0 Å². The molecule has 0 aliphatic heterocycles. The van der Waals surface area contributed by atoms with Crippen LogP contribution < -0.4 is 5.56 Å². The van der Waals surface area contributed by atoms with Crippen LogP contribution in [0.2, 0.25) is 0 Å². The van der Waals surface area contributed by atoms with Gasteiger partial charge >= 0.3 is 11.2 Å². The Morgan fingerprint density at radius 1 is 1.50 bits per heavy atom. The summed E-state index contributed by atoms with van der Waals surface area (Å²) in [6.07, 6.45) is 7.18. The standard InChI is InChI=1S/C11H14N2O3/c1-2-3-4-5-8-12-9-6-7-10(11(12)14)13(15)16/h3-4,6-7,9H,2,5,8H2,1H3. The van der Waals surface area contributed by atoms with Crippen molar-refractivity contribution in [3.8, 4) is 0 Å². The first-order valence-electron chi connectivity index (χ1n) is 5.15. The molecule has 5 heteroatoms. The Bertz CT molecular complexity index is 449. The molecule has 86 valence electrons. The molecule has 5 nitrogen and oxygen atoms in total. The van der Waals surface area contributed by atoms with Gasteiger partial charge in [0.25, 0.3) is 0 Å². The molecule has 1 rings (SSSR count). The SMILES string of the molecule is CCC=CCCn1cccc([N+](=O)[O-])c1=O. The smallest absolute Gasteiger partial charge is 0.309 e. The van der Waals surface area contributed by atoms with Crippen LogP contribution in [-0.4, -0.2) is 9.49 Å². The lowest BCUT2D eigenvalue weighted by molar-refractivity contribution is -0.386. The van der Waals surface area contributed by atoms with E-state index in [0.29, 0.717) is 13.0 Å². The van der Waals surface area contributed by atoms with Crippen molar-refractivity contribution in [1.82, 2.24) is 4.57 Å². The number of allylic oxidation sites excluding steroid dienone is 2. The molecule has 0 unspecified atom stereocenters. The highest BCUT2D eigenvalue weighted by atomic mass is 16.6. The maximum Gasteiger partial charge on any atom is 0.334 e. The lowest BCUT2D eigenvalue weighted by atomic mass is 10.3. The van der Waals surface area contributed by atoms with Gasteiger partial charge in [-0.2, -0.15) is 0 Å². The van der Waals surface area contributed by atoms with Crippen LogP contribution in [0.3, 0.4) is 0 Å². The number of pyridine rings is 1. The van der Waals surface area contributed by atoms with Gasteiger partial charge < -0.3 is 4.57 Å². The van der Waals surface area contributed by atoms with Gasteiger partial charge in [0.1, 0.15) is 0 Å². The third kappa shape index (κ3) is 3.05. The molecule has 0 amide bonds. The van der Waals surface area contributed by atoms with Crippen molar-refractivity contribution < 1.29 is 4.92 Å². The molecule has 0 atom stereocenters. The summed E-state index contributed by atoms with van der Waals surface area (Å²) >= 11 is 0. The van der Waals surface area contributed by atoms with Gasteiger partial charge in [-0.3, -0.25) is 14.9 Å². The largest absolute Gasteiger partial charge is 0.334 e. The minimum atomic E-state index is -0.652. The zero-order chi connectivity index (χ0) is 12.0. The Morgan fingerprint density at radius 3 is 2.88 bits per heavy atom. The highest BCUT2D eigenvalue weighted by molar-refractivity contribution is 5.25. The summed E-state index contributed by atoms with van der Waals surface area (Å²) in [5.74, 6) is 0. The second-order valence-electron chi connectivity index (χ2n) is 3.32. The summed E-state index contributed by atoms with van der Waals surface area (Å²) in [4.78, 5) is 21.4. The normalized spacial score (nSPS) is 10.8. The van der Waals surface area contributed by atoms with E-state index in [1.807, 2.05) is 19.1 Å². The van der Waals surface area contributed by atoms with Crippen LogP contribution in [0, 0.1) is 10.1 Å². The molecule has 0 aliphatic carbocycles. The third-order valence-corrected chi connectivity index (χ3v) is 2.14. The first-order valence-corrected chi connectivity index (χ1v) is 5.15. The molecule has 0 bridgehead atoms. The maximum absolute atomic E-state index is 11.6. The van der Waals surface area contributed by atoms with E-state index in [1.54, 1.807) is 6.20 Å². The third-order valence-electron chi connectivity index (χ3n) is 2.14. The first-order chi connectivity index (χ1) is 7.66. The number of hydrogen-bond donors (Lipinski definition) is 0. The summed E-state index contributed by atoms with van der Waals surface area (Å²) in [7, 11) is 0. The summed E-state index contributed by atoms with van der Waals surface area (Å²) in [6.45, 7) is 2.49. The van der Waals surface area contributed by atoms with Crippen molar-refractivity contribution in [3.05, 3.63) is 50.9 Å². The molecule has 16 heavy (non-hydrogen) atoms. The van der Waals surface area contributed by atoms with Gasteiger partial charge in [0.15, 0.2) is 0 Å². The molecule has 1 aromatic rings. The van der Waals surface area contributed by atoms with Crippen LogP contribution in [0.1, 0.15) is 19.8 Å². The number of aryl methyl sites for hydroxylation is 1. The molecule has 0 aromatic carbocycles. The minimum absolute atomic E-state index is 0.373. The summed E-state index contributed by atoms with van der Waals surface area (Å²) in [5, 5.41) is 10.5. The van der Waals surface area contributed by atoms with Crippen LogP contribution >= 0.6 is 0 Å². The predicted molar refractivity (Wildman–Crippen MR) is 61.4 cm³/mol. The van der Waals surface area contributed by atoms with Gasteiger partial charge in [0.2, 0.25) is 0 Å². The molecular weight excluding hydrogens is 208 g/mol. The van der Waals surface area contributed by atoms with Crippen LogP contribution in [0.5, 0.6) is 0 Å². The molecule has 0 fully saturated rings. The van der Waals surface area contributed by atoms with Gasteiger partial charge in [-0.1, -0.05) is 19.1 Å². The number of hydrogen-bond acceptors (Lipinski definition) is 3. The van der Waals surface area contributed by atoms with Crippen LogP contribution in [-0.2, 0) is 6.54 Å². The number of nitro groups is 1. The van der Waals surface area contributed by atoms with E-state index in [9.17, 15) is 14.9 Å². The monoisotopic (exact) mass is 222 g/mol. The minimum Gasteiger partial charge on any atom is -0.309 e. The number of rotatable bonds is 5. The Labute approximate surface area is 93.2 Å². The number of nitrogens with zero attached hydrogens (tertiary/aromatic N) is 2. The van der Waals surface area contributed by atoms with E-state index in [1.165, 1.54) is 16.7 Å². The fourth-order valence-corrected chi connectivity index (χ4v) is 1.34. The maximum atomic E-state index is 11.6. The van der Waals surface area contributed by atoms with E-state index in [4.69, 9.17) is 0 Å². The van der Waals surface area contributed by atoms with E-state index in [2.05, 4.69) is 0 Å². The molecule has 0 saturated heterocycles. The zero-order valence-electron chi connectivity index (χ0n) is 9.13. The molecule has 0 N–H and O–H groups in total. The summed E-state index contributed by atoms with van der Waals surface area (Å²) < 4.78 is 1.36. The van der Waals surface area contributed by atoms with Crippen LogP contribution in [0.15, 0.2) is 35.3 Å². The molecule has 0 radical (unpaired) electrons. The fourth-order valence-electron chi connectivity index (χ4n) is 1.34. The molecule has 1 heterocycles. The van der Waals surface area contributed by atoms with Gasteiger partial charge in [0, 0.05) is 18.8 Å². The molecule has 0 saturated carbocycles. The lowest BCUT2D eigenvalue weighted by Crippen LogP contribution is -2.21. The average molecular weight is 222 g/mol. The molecular formula is C11H14N2O3. The molecule has 0 spiro atoms. The Hall–Kier alpha value is -1.91. The molecule has 0 aliphatic rings. The van der Waals surface area contributed by atoms with E-state index in [-0.39, 0.29) is 5.69 Å². The fraction of sp³-hybridized carbons (Fsp3) is 0.364. The predicted octanol–water partition coefficient (Wildman–Crippen LogP) is 2.11. The van der Waals surface area contributed by atoms with Crippen molar-refractivity contribution in [3.63, 3.8) is 0 Å². The van der Waals surface area contributed by atoms with Crippen molar-refractivity contribution in [1.29, 1.82) is 0 Å². The Balaban J connectivity index is 2.82. The Kier molecular flexibility index (Phi) is 4.44.